The summed E-state index contributed by atoms with van der Waals surface area (Å²) in [5, 5.41) is 12.2. The van der Waals surface area contributed by atoms with Crippen molar-refractivity contribution in [3.63, 3.8) is 0 Å². The largest absolute Gasteiger partial charge is 0.356 e. The van der Waals surface area contributed by atoms with Crippen molar-refractivity contribution >= 4 is 17.2 Å². The van der Waals surface area contributed by atoms with E-state index in [9.17, 15) is 4.79 Å². The quantitative estimate of drug-likeness (QED) is 0.676. The van der Waals surface area contributed by atoms with Crippen LogP contribution in [-0.4, -0.2) is 30.1 Å². The Morgan fingerprint density at radius 3 is 2.73 bits per heavy atom. The van der Waals surface area contributed by atoms with Crippen molar-refractivity contribution in [1.82, 2.24) is 16.0 Å². The lowest BCUT2D eigenvalue weighted by molar-refractivity contribution is -0.126. The molecule has 124 valence electrons. The van der Waals surface area contributed by atoms with Gasteiger partial charge in [-0.1, -0.05) is 6.07 Å². The summed E-state index contributed by atoms with van der Waals surface area (Å²) in [6.07, 6.45) is 1.85. The van der Waals surface area contributed by atoms with Crippen molar-refractivity contribution in [1.29, 1.82) is 0 Å². The Kier molecular flexibility index (Phi) is 5.64. The van der Waals surface area contributed by atoms with Gasteiger partial charge in [0, 0.05) is 29.0 Å². The van der Waals surface area contributed by atoms with Gasteiger partial charge >= 0.3 is 0 Å². The number of hydrogen-bond acceptors (Lipinski definition) is 4. The van der Waals surface area contributed by atoms with Crippen LogP contribution >= 0.6 is 11.3 Å². The van der Waals surface area contributed by atoms with Crippen LogP contribution in [0.4, 0.5) is 0 Å². The topological polar surface area (TPSA) is 53.2 Å². The molecule has 1 amide bonds. The number of thiophene rings is 1. The van der Waals surface area contributed by atoms with E-state index in [1.165, 1.54) is 4.88 Å². The summed E-state index contributed by atoms with van der Waals surface area (Å²) in [5.41, 5.74) is -0.0984. The first-order valence-corrected chi connectivity index (χ1v) is 8.98. The van der Waals surface area contributed by atoms with E-state index in [4.69, 9.17) is 0 Å². The van der Waals surface area contributed by atoms with E-state index in [1.54, 1.807) is 11.3 Å². The molecule has 2 rings (SSSR count). The minimum Gasteiger partial charge on any atom is -0.356 e. The minimum atomic E-state index is -0.134. The monoisotopic (exact) mass is 323 g/mol. The summed E-state index contributed by atoms with van der Waals surface area (Å²) in [7, 11) is 0. The van der Waals surface area contributed by atoms with Gasteiger partial charge in [-0.2, -0.15) is 0 Å². The van der Waals surface area contributed by atoms with Gasteiger partial charge in [-0.15, -0.1) is 11.3 Å². The summed E-state index contributed by atoms with van der Waals surface area (Å²) >= 11 is 1.77. The molecule has 1 aromatic rings. The third kappa shape index (κ3) is 4.80. The Labute approximate surface area is 138 Å². The molecule has 0 aliphatic carbocycles. The second kappa shape index (κ2) is 7.11. The maximum Gasteiger partial charge on any atom is 0.225 e. The molecule has 1 fully saturated rings. The summed E-state index contributed by atoms with van der Waals surface area (Å²) in [4.78, 5) is 13.8. The smallest absolute Gasteiger partial charge is 0.225 e. The zero-order chi connectivity index (χ0) is 16.2. The maximum atomic E-state index is 12.4. The third-order valence-electron chi connectivity index (χ3n) is 4.27. The second-order valence-corrected chi connectivity index (χ2v) is 8.42. The molecule has 0 spiro atoms. The van der Waals surface area contributed by atoms with Gasteiger partial charge in [-0.05, 0) is 58.5 Å². The van der Waals surface area contributed by atoms with Crippen molar-refractivity contribution in [3.8, 4) is 0 Å². The Balaban J connectivity index is 1.63. The van der Waals surface area contributed by atoms with E-state index in [0.717, 1.165) is 32.5 Å². The molecule has 0 radical (unpaired) electrons. The average molecular weight is 324 g/mol. The predicted octanol–water partition coefficient (Wildman–Crippen LogP) is 2.51. The lowest BCUT2D eigenvalue weighted by Gasteiger charge is -2.27. The fourth-order valence-corrected chi connectivity index (χ4v) is 4.04. The first-order valence-electron chi connectivity index (χ1n) is 8.10. The molecular formula is C17H29N3OS. The molecule has 0 saturated carbocycles. The van der Waals surface area contributed by atoms with Crippen LogP contribution in [0.1, 0.15) is 45.4 Å². The highest BCUT2D eigenvalue weighted by molar-refractivity contribution is 7.09. The molecule has 0 aromatic carbocycles. The highest BCUT2D eigenvalue weighted by atomic mass is 32.1. The van der Waals surface area contributed by atoms with Crippen LogP contribution in [0.2, 0.25) is 0 Å². The van der Waals surface area contributed by atoms with Crippen LogP contribution < -0.4 is 16.0 Å². The molecule has 2 heterocycles. The molecule has 22 heavy (non-hydrogen) atoms. The van der Waals surface area contributed by atoms with Crippen molar-refractivity contribution in [2.24, 2.45) is 5.92 Å². The fourth-order valence-electron chi connectivity index (χ4n) is 3.37. The van der Waals surface area contributed by atoms with Gasteiger partial charge in [0.05, 0.1) is 5.92 Å². The van der Waals surface area contributed by atoms with E-state index in [1.807, 2.05) is 0 Å². The Morgan fingerprint density at radius 1 is 1.36 bits per heavy atom. The first-order chi connectivity index (χ1) is 10.3. The van der Waals surface area contributed by atoms with Gasteiger partial charge in [-0.25, -0.2) is 0 Å². The van der Waals surface area contributed by atoms with Crippen molar-refractivity contribution < 1.29 is 4.79 Å². The minimum absolute atomic E-state index is 0.0355. The van der Waals surface area contributed by atoms with Gasteiger partial charge in [0.1, 0.15) is 0 Å². The second-order valence-electron chi connectivity index (χ2n) is 7.39. The number of hydrogen-bond donors (Lipinski definition) is 3. The molecule has 1 aliphatic heterocycles. The highest BCUT2D eigenvalue weighted by Crippen LogP contribution is 2.35. The summed E-state index contributed by atoms with van der Waals surface area (Å²) in [5.74, 6) is 0.225. The lowest BCUT2D eigenvalue weighted by Crippen LogP contribution is -2.48. The summed E-state index contributed by atoms with van der Waals surface area (Å²) in [6.45, 7) is 11.1. The molecule has 3 N–H and O–H groups in total. The summed E-state index contributed by atoms with van der Waals surface area (Å²) in [6, 6.07) is 4.21. The van der Waals surface area contributed by atoms with E-state index in [2.05, 4.69) is 61.2 Å². The zero-order valence-corrected chi connectivity index (χ0v) is 15.0. The Morgan fingerprint density at radius 2 is 2.14 bits per heavy atom. The molecule has 1 aliphatic rings. The van der Waals surface area contributed by atoms with Crippen LogP contribution in [0, 0.1) is 5.92 Å². The molecule has 4 nitrogen and oxygen atoms in total. The molecule has 1 aromatic heterocycles. The molecule has 1 atom stereocenters. The fraction of sp³-hybridized carbons (Fsp3) is 0.706. The van der Waals surface area contributed by atoms with Gasteiger partial charge < -0.3 is 16.0 Å². The summed E-state index contributed by atoms with van der Waals surface area (Å²) < 4.78 is 0. The Hall–Kier alpha value is -0.910. The van der Waals surface area contributed by atoms with Gasteiger partial charge in [-0.3, -0.25) is 4.79 Å². The van der Waals surface area contributed by atoms with Gasteiger partial charge in [0.2, 0.25) is 5.91 Å². The molecule has 1 unspecified atom stereocenters. The molecule has 5 heteroatoms. The maximum absolute atomic E-state index is 12.4. The first kappa shape index (κ1) is 17.4. The number of carbonyl (C=O) groups excluding carboxylic acids is 1. The lowest BCUT2D eigenvalue weighted by atomic mass is 9.86. The van der Waals surface area contributed by atoms with Crippen LogP contribution in [0.3, 0.4) is 0 Å². The number of amides is 1. The standard InChI is InChI=1S/C17H29N3OS/c1-16(2)11-14(17(3,4)20-16)15(21)19-9-6-8-18-12-13-7-5-10-22-13/h5,7,10,14,18,20H,6,8-9,11-12H2,1-4H3,(H,19,21). The third-order valence-corrected chi connectivity index (χ3v) is 5.15. The molecule has 1 saturated heterocycles. The van der Waals surface area contributed by atoms with E-state index in [0.29, 0.717) is 0 Å². The van der Waals surface area contributed by atoms with Gasteiger partial charge in [0.25, 0.3) is 0 Å². The molecule has 0 bridgehead atoms. The molecular weight excluding hydrogens is 294 g/mol. The van der Waals surface area contributed by atoms with Crippen LogP contribution in [0.15, 0.2) is 17.5 Å². The number of carbonyl (C=O) groups is 1. The van der Waals surface area contributed by atoms with Gasteiger partial charge in [0.15, 0.2) is 0 Å². The average Bonchev–Trinajstić information content (AvgIpc) is 2.98. The number of rotatable bonds is 7. The van der Waals surface area contributed by atoms with E-state index in [-0.39, 0.29) is 22.9 Å². The normalized spacial score (nSPS) is 22.6. The van der Waals surface area contributed by atoms with Crippen molar-refractivity contribution in [2.45, 2.75) is 58.2 Å². The van der Waals surface area contributed by atoms with Crippen LogP contribution in [-0.2, 0) is 11.3 Å². The van der Waals surface area contributed by atoms with E-state index >= 15 is 0 Å². The SMILES string of the molecule is CC1(C)CC(C(=O)NCCCNCc2cccs2)C(C)(C)N1. The zero-order valence-electron chi connectivity index (χ0n) is 14.2. The highest BCUT2D eigenvalue weighted by Gasteiger charge is 2.47. The van der Waals surface area contributed by atoms with E-state index < -0.39 is 0 Å². The predicted molar refractivity (Wildman–Crippen MR) is 93.1 cm³/mol. The van der Waals surface area contributed by atoms with Crippen molar-refractivity contribution in [2.75, 3.05) is 13.1 Å². The van der Waals surface area contributed by atoms with Crippen molar-refractivity contribution in [3.05, 3.63) is 22.4 Å². The number of nitrogens with one attached hydrogen (secondary N) is 3. The van der Waals surface area contributed by atoms with Crippen LogP contribution in [0.5, 0.6) is 0 Å². The van der Waals surface area contributed by atoms with Crippen LogP contribution in [0.25, 0.3) is 0 Å². The Bertz CT molecular complexity index is 482.